The quantitative estimate of drug-likeness (QED) is 0.425. The summed E-state index contributed by atoms with van der Waals surface area (Å²) in [4.78, 5) is 14.0. The molecule has 2 aliphatic rings. The first-order valence-electron chi connectivity index (χ1n) is 9.48. The smallest absolute Gasteiger partial charge is 0.308 e. The van der Waals surface area contributed by atoms with Crippen LogP contribution >= 0.6 is 12.4 Å². The van der Waals surface area contributed by atoms with Crippen LogP contribution in [0.3, 0.4) is 0 Å². The monoisotopic (exact) mass is 377 g/mol. The molecule has 144 valence electrons. The van der Waals surface area contributed by atoms with Crippen LogP contribution in [0.4, 0.5) is 0 Å². The molecule has 0 spiro atoms. The highest BCUT2D eigenvalue weighted by Gasteiger charge is 2.45. The fraction of sp³-hybridized carbons (Fsp3) is 0.591. The van der Waals surface area contributed by atoms with Crippen LogP contribution in [0.2, 0.25) is 0 Å². The van der Waals surface area contributed by atoms with E-state index in [1.807, 2.05) is 6.07 Å². The average Bonchev–Trinajstić information content (AvgIpc) is 2.53. The number of fused-ring (bicyclic) bond motifs is 2. The molecule has 0 radical (unpaired) electrons. The van der Waals surface area contributed by atoms with Crippen molar-refractivity contribution < 1.29 is 9.53 Å². The number of piperidine rings is 1. The van der Waals surface area contributed by atoms with E-state index >= 15 is 0 Å². The molecule has 3 nitrogen and oxygen atoms in total. The number of carbonyl (C=O) groups excluding carboxylic acids is 1. The summed E-state index contributed by atoms with van der Waals surface area (Å²) in [5.41, 5.74) is 4.25. The molecule has 1 saturated heterocycles. The summed E-state index contributed by atoms with van der Waals surface area (Å²) in [6.45, 7) is 12.8. The lowest BCUT2D eigenvalue weighted by Gasteiger charge is -2.52. The number of rotatable bonds is 3. The molecule has 26 heavy (non-hydrogen) atoms. The minimum atomic E-state index is -0.253. The molecule has 4 heteroatoms. The Bertz CT molecular complexity index is 691. The molecule has 0 amide bonds. The molecule has 1 heterocycles. The summed E-state index contributed by atoms with van der Waals surface area (Å²) in [7, 11) is 0. The number of hydrogen-bond acceptors (Lipinski definition) is 3. The zero-order valence-electron chi connectivity index (χ0n) is 16.7. The first-order valence-corrected chi connectivity index (χ1v) is 9.48. The van der Waals surface area contributed by atoms with E-state index in [1.165, 1.54) is 43.0 Å². The third-order valence-electron chi connectivity index (χ3n) is 6.02. The van der Waals surface area contributed by atoms with Gasteiger partial charge in [0.1, 0.15) is 5.75 Å². The van der Waals surface area contributed by atoms with Crippen molar-refractivity contribution in [1.29, 1.82) is 0 Å². The van der Waals surface area contributed by atoms with Crippen molar-refractivity contribution >= 4 is 18.4 Å². The lowest BCUT2D eigenvalue weighted by molar-refractivity contribution is -0.131. The average molecular weight is 378 g/mol. The number of hydrogen-bond donors (Lipinski definition) is 0. The Kier molecular flexibility index (Phi) is 6.57. The van der Waals surface area contributed by atoms with E-state index in [9.17, 15) is 4.79 Å². The summed E-state index contributed by atoms with van der Waals surface area (Å²) in [6, 6.07) is 6.81. The topological polar surface area (TPSA) is 29.5 Å². The lowest BCUT2D eigenvalue weighted by Crippen LogP contribution is -2.55. The number of halogens is 1. The van der Waals surface area contributed by atoms with Gasteiger partial charge in [0.05, 0.1) is 0 Å². The maximum Gasteiger partial charge on any atom is 0.308 e. The Morgan fingerprint density at radius 2 is 2.04 bits per heavy atom. The van der Waals surface area contributed by atoms with Gasteiger partial charge in [-0.25, -0.2) is 0 Å². The highest BCUT2D eigenvalue weighted by molar-refractivity contribution is 5.85. The van der Waals surface area contributed by atoms with Crippen LogP contribution in [-0.2, 0) is 16.6 Å². The van der Waals surface area contributed by atoms with E-state index in [4.69, 9.17) is 4.74 Å². The van der Waals surface area contributed by atoms with E-state index in [2.05, 4.69) is 50.8 Å². The lowest BCUT2D eigenvalue weighted by atomic mass is 9.60. The van der Waals surface area contributed by atoms with Gasteiger partial charge in [-0.05, 0) is 74.2 Å². The van der Waals surface area contributed by atoms with E-state index < -0.39 is 0 Å². The number of esters is 1. The summed E-state index contributed by atoms with van der Waals surface area (Å²) in [5, 5.41) is 0. The van der Waals surface area contributed by atoms with Crippen LogP contribution in [0.5, 0.6) is 5.75 Å². The van der Waals surface area contributed by atoms with Crippen molar-refractivity contribution in [2.24, 2.45) is 5.92 Å². The molecule has 0 N–H and O–H groups in total. The number of ether oxygens (including phenoxy) is 1. The normalized spacial score (nSPS) is 23.9. The highest BCUT2D eigenvalue weighted by atomic mass is 35.5. The van der Waals surface area contributed by atoms with Crippen LogP contribution in [0.15, 0.2) is 29.8 Å². The molecule has 0 saturated carbocycles. The molecular weight excluding hydrogens is 346 g/mol. The van der Waals surface area contributed by atoms with Gasteiger partial charge in [0, 0.05) is 19.5 Å². The third-order valence-corrected chi connectivity index (χ3v) is 6.02. The zero-order valence-corrected chi connectivity index (χ0v) is 17.5. The summed E-state index contributed by atoms with van der Waals surface area (Å²) < 4.78 is 5.34. The van der Waals surface area contributed by atoms with Crippen LogP contribution in [0.1, 0.15) is 58.6 Å². The van der Waals surface area contributed by atoms with Gasteiger partial charge in [-0.15, -0.1) is 12.4 Å². The van der Waals surface area contributed by atoms with E-state index in [0.29, 0.717) is 17.7 Å². The number of benzene rings is 1. The SMILES string of the molecule is CC(=O)Oc1ccc2c(c1)C(C)(C)C1CCCN(CC=C(C)C)C1C2.Cl. The standard InChI is InChI=1S/C22H31NO2.ClH/c1-15(2)10-12-23-11-6-7-19-21(23)13-17-8-9-18(25-16(3)24)14-20(17)22(19,4)5;/h8-10,14,19,21H,6-7,11-13H2,1-5H3;1H. The number of carbonyl (C=O) groups is 1. The molecule has 2 unspecified atom stereocenters. The molecular formula is C22H32ClNO2. The summed E-state index contributed by atoms with van der Waals surface area (Å²) >= 11 is 0. The maximum absolute atomic E-state index is 11.3. The second-order valence-electron chi connectivity index (χ2n) is 8.43. The first kappa shape index (κ1) is 21.0. The number of allylic oxidation sites excluding steroid dienone is 1. The minimum absolute atomic E-state index is 0. The van der Waals surface area contributed by atoms with Crippen LogP contribution in [-0.4, -0.2) is 30.0 Å². The van der Waals surface area contributed by atoms with Gasteiger partial charge in [0.15, 0.2) is 0 Å². The molecule has 0 aromatic heterocycles. The second kappa shape index (κ2) is 8.14. The van der Waals surface area contributed by atoms with Crippen molar-refractivity contribution in [2.75, 3.05) is 13.1 Å². The predicted octanol–water partition coefficient (Wildman–Crippen LogP) is 4.91. The van der Waals surface area contributed by atoms with Gasteiger partial charge in [-0.1, -0.05) is 31.6 Å². The van der Waals surface area contributed by atoms with Crippen LogP contribution in [0.25, 0.3) is 0 Å². The van der Waals surface area contributed by atoms with Crippen LogP contribution in [0, 0.1) is 5.92 Å². The Morgan fingerprint density at radius 3 is 2.69 bits per heavy atom. The minimum Gasteiger partial charge on any atom is -0.427 e. The Hall–Kier alpha value is -1.32. The Labute approximate surface area is 164 Å². The highest BCUT2D eigenvalue weighted by Crippen LogP contribution is 2.47. The van der Waals surface area contributed by atoms with E-state index in [0.717, 1.165) is 13.0 Å². The molecule has 2 atom stereocenters. The fourth-order valence-electron chi connectivity index (χ4n) is 4.75. The zero-order chi connectivity index (χ0) is 18.2. The molecule has 1 aromatic carbocycles. The predicted molar refractivity (Wildman–Crippen MR) is 109 cm³/mol. The van der Waals surface area contributed by atoms with Crippen molar-refractivity contribution in [3.63, 3.8) is 0 Å². The first-order chi connectivity index (χ1) is 11.8. The van der Waals surface area contributed by atoms with Crippen LogP contribution < -0.4 is 4.74 Å². The maximum atomic E-state index is 11.3. The van der Waals surface area contributed by atoms with Gasteiger partial charge in [-0.2, -0.15) is 0 Å². The molecule has 1 aliphatic carbocycles. The molecule has 0 bridgehead atoms. The molecule has 1 aromatic rings. The molecule has 3 rings (SSSR count). The van der Waals surface area contributed by atoms with Gasteiger partial charge in [0.25, 0.3) is 0 Å². The van der Waals surface area contributed by atoms with E-state index in [-0.39, 0.29) is 23.8 Å². The van der Waals surface area contributed by atoms with Crippen molar-refractivity contribution in [2.45, 2.75) is 65.3 Å². The van der Waals surface area contributed by atoms with Crippen molar-refractivity contribution in [1.82, 2.24) is 4.90 Å². The van der Waals surface area contributed by atoms with E-state index in [1.54, 1.807) is 0 Å². The second-order valence-corrected chi connectivity index (χ2v) is 8.43. The Morgan fingerprint density at radius 1 is 1.31 bits per heavy atom. The van der Waals surface area contributed by atoms with Gasteiger partial charge in [0.2, 0.25) is 0 Å². The number of likely N-dealkylation sites (tertiary alicyclic amines) is 1. The van der Waals surface area contributed by atoms with Crippen molar-refractivity contribution in [3.8, 4) is 5.75 Å². The summed E-state index contributed by atoms with van der Waals surface area (Å²) in [6.07, 6.45) is 6.00. The van der Waals surface area contributed by atoms with Gasteiger partial charge in [-0.3, -0.25) is 9.69 Å². The number of nitrogens with zero attached hydrogens (tertiary/aromatic N) is 1. The van der Waals surface area contributed by atoms with Crippen molar-refractivity contribution in [3.05, 3.63) is 41.0 Å². The fourth-order valence-corrected chi connectivity index (χ4v) is 4.75. The van der Waals surface area contributed by atoms with Gasteiger partial charge < -0.3 is 4.74 Å². The van der Waals surface area contributed by atoms with Gasteiger partial charge >= 0.3 is 5.97 Å². The molecule has 1 fully saturated rings. The Balaban J connectivity index is 0.00000243. The molecule has 1 aliphatic heterocycles. The summed E-state index contributed by atoms with van der Waals surface area (Å²) in [5.74, 6) is 1.07. The third kappa shape index (κ3) is 4.15. The largest absolute Gasteiger partial charge is 0.427 e.